The monoisotopic (exact) mass is 332 g/mol. The molecule has 1 aromatic rings. The molecule has 86 valence electrons. The second-order valence-electron chi connectivity index (χ2n) is 3.09. The van der Waals surface area contributed by atoms with Crippen LogP contribution < -0.4 is 0 Å². The van der Waals surface area contributed by atoms with E-state index in [0.29, 0.717) is 5.92 Å². The highest BCUT2D eigenvalue weighted by atomic mass is 79.9. The van der Waals surface area contributed by atoms with Crippen molar-refractivity contribution in [2.24, 2.45) is 0 Å². The first-order valence-corrected chi connectivity index (χ1v) is 8.02. The van der Waals surface area contributed by atoms with Crippen molar-refractivity contribution in [2.45, 2.75) is 19.8 Å². The van der Waals surface area contributed by atoms with E-state index in [1.165, 1.54) is 10.0 Å². The Morgan fingerprint density at radius 1 is 1.27 bits per heavy atom. The van der Waals surface area contributed by atoms with Gasteiger partial charge >= 0.3 is 8.26 Å². The number of rotatable bonds is 1. The van der Waals surface area contributed by atoms with Crippen LogP contribution in [0.4, 0.5) is 0 Å². The first kappa shape index (κ1) is 15.2. The van der Waals surface area contributed by atoms with E-state index in [0.717, 1.165) is 0 Å². The highest BCUT2D eigenvalue weighted by Crippen LogP contribution is 2.18. The first-order chi connectivity index (χ1) is 6.70. The van der Waals surface area contributed by atoms with Crippen LogP contribution in [0, 0.1) is 0 Å². The highest BCUT2D eigenvalue weighted by molar-refractivity contribution is 9.10. The quantitative estimate of drug-likeness (QED) is 0.719. The van der Waals surface area contributed by atoms with Crippen LogP contribution in [0.5, 0.6) is 0 Å². The third kappa shape index (κ3) is 10.5. The molecule has 6 heteroatoms. The van der Waals surface area contributed by atoms with E-state index < -0.39 is 8.26 Å². The minimum Gasteiger partial charge on any atom is -0.195 e. The summed E-state index contributed by atoms with van der Waals surface area (Å²) in [5, 5.41) is 0. The van der Waals surface area contributed by atoms with Crippen LogP contribution in [0.2, 0.25) is 0 Å². The lowest BCUT2D eigenvalue weighted by molar-refractivity contribution is 0.621. The van der Waals surface area contributed by atoms with Crippen LogP contribution in [0.3, 0.4) is 0 Å². The SMILES string of the molecule is CC(C)c1cccc(Br)c1.O=S(=O)(Cl)Cl. The third-order valence-electron chi connectivity index (χ3n) is 1.52. The second-order valence-corrected chi connectivity index (χ2v) is 7.67. The minimum absolute atomic E-state index is 0.623. The summed E-state index contributed by atoms with van der Waals surface area (Å²) in [6.45, 7) is 4.39. The summed E-state index contributed by atoms with van der Waals surface area (Å²) in [5.74, 6) is 0.623. The van der Waals surface area contributed by atoms with Crippen LogP contribution in [-0.4, -0.2) is 8.42 Å². The molecule has 0 saturated heterocycles. The summed E-state index contributed by atoms with van der Waals surface area (Å²) in [6.07, 6.45) is 0. The van der Waals surface area contributed by atoms with Crippen LogP contribution in [0.1, 0.15) is 25.3 Å². The van der Waals surface area contributed by atoms with Crippen LogP contribution in [-0.2, 0) is 8.26 Å². The van der Waals surface area contributed by atoms with Crippen molar-refractivity contribution < 1.29 is 8.42 Å². The van der Waals surface area contributed by atoms with Gasteiger partial charge in [-0.05, 0) is 23.6 Å². The third-order valence-corrected chi connectivity index (χ3v) is 2.01. The molecule has 0 unspecified atom stereocenters. The maximum absolute atomic E-state index is 9.16. The van der Waals surface area contributed by atoms with Gasteiger partial charge in [-0.25, -0.2) is 0 Å². The molecule has 0 amide bonds. The smallest absolute Gasteiger partial charge is 0.195 e. The largest absolute Gasteiger partial charge is 0.317 e. The van der Waals surface area contributed by atoms with Crippen molar-refractivity contribution in [1.29, 1.82) is 0 Å². The maximum Gasteiger partial charge on any atom is 0.317 e. The Bertz CT molecular complexity index is 396. The predicted molar refractivity (Wildman–Crippen MR) is 68.9 cm³/mol. The van der Waals surface area contributed by atoms with Gasteiger partial charge in [-0.1, -0.05) is 41.9 Å². The Kier molecular flexibility index (Phi) is 6.84. The van der Waals surface area contributed by atoms with E-state index in [1.807, 2.05) is 6.07 Å². The van der Waals surface area contributed by atoms with Crippen molar-refractivity contribution in [2.75, 3.05) is 0 Å². The molecule has 0 aromatic heterocycles. The van der Waals surface area contributed by atoms with E-state index in [2.05, 4.69) is 69.3 Å². The van der Waals surface area contributed by atoms with E-state index in [-0.39, 0.29) is 0 Å². The van der Waals surface area contributed by atoms with E-state index in [4.69, 9.17) is 8.42 Å². The van der Waals surface area contributed by atoms with Gasteiger partial charge in [0.1, 0.15) is 0 Å². The fourth-order valence-electron chi connectivity index (χ4n) is 0.866. The molecule has 1 rings (SSSR count). The molecule has 1 aromatic carbocycles. The van der Waals surface area contributed by atoms with Gasteiger partial charge < -0.3 is 0 Å². The summed E-state index contributed by atoms with van der Waals surface area (Å²) in [7, 11) is 4.81. The molecular formula is C9H11BrCl2O2S. The summed E-state index contributed by atoms with van der Waals surface area (Å²) in [5.41, 5.74) is 1.38. The normalized spacial score (nSPS) is 10.8. The Balaban J connectivity index is 0.000000336. The zero-order chi connectivity index (χ0) is 12.1. The summed E-state index contributed by atoms with van der Waals surface area (Å²) in [6, 6.07) is 8.42. The van der Waals surface area contributed by atoms with Gasteiger partial charge in [-0.3, -0.25) is 0 Å². The van der Waals surface area contributed by atoms with E-state index in [9.17, 15) is 0 Å². The predicted octanol–water partition coefficient (Wildman–Crippen LogP) is 4.28. The number of halogens is 3. The molecule has 0 aliphatic heterocycles. The zero-order valence-electron chi connectivity index (χ0n) is 8.25. The van der Waals surface area contributed by atoms with Crippen LogP contribution >= 0.6 is 37.3 Å². The Hall–Kier alpha value is 0.230. The molecule has 0 N–H and O–H groups in total. The van der Waals surface area contributed by atoms with Crippen molar-refractivity contribution in [3.05, 3.63) is 34.3 Å². The molecule has 0 saturated carbocycles. The van der Waals surface area contributed by atoms with Crippen LogP contribution in [0.25, 0.3) is 0 Å². The number of benzene rings is 1. The average Bonchev–Trinajstić information content (AvgIpc) is 2.00. The lowest BCUT2D eigenvalue weighted by atomic mass is 10.0. The number of hydrogen-bond donors (Lipinski definition) is 0. The van der Waals surface area contributed by atoms with Crippen molar-refractivity contribution >= 4 is 45.6 Å². The molecule has 0 heterocycles. The molecule has 0 aliphatic rings. The summed E-state index contributed by atoms with van der Waals surface area (Å²) >= 11 is 3.43. The minimum atomic E-state index is -3.72. The van der Waals surface area contributed by atoms with Gasteiger partial charge in [0.25, 0.3) is 0 Å². The molecular weight excluding hydrogens is 323 g/mol. The number of hydrogen-bond acceptors (Lipinski definition) is 2. The molecule has 0 aliphatic carbocycles. The van der Waals surface area contributed by atoms with Crippen molar-refractivity contribution in [3.63, 3.8) is 0 Å². The summed E-state index contributed by atoms with van der Waals surface area (Å²) in [4.78, 5) is 0. The second kappa shape index (κ2) is 6.74. The highest BCUT2D eigenvalue weighted by Gasteiger charge is 1.96. The van der Waals surface area contributed by atoms with Gasteiger partial charge in [0.05, 0.1) is 0 Å². The standard InChI is InChI=1S/C9H11Br.Cl2O2S/c1-7(2)8-4-3-5-9(10)6-8;1-5(2,3)4/h3-7H,1-2H3;. The molecule has 15 heavy (non-hydrogen) atoms. The van der Waals surface area contributed by atoms with Crippen LogP contribution in [0.15, 0.2) is 28.7 Å². The average molecular weight is 334 g/mol. The Morgan fingerprint density at radius 2 is 1.73 bits per heavy atom. The van der Waals surface area contributed by atoms with Crippen molar-refractivity contribution in [3.8, 4) is 0 Å². The Labute approximate surface area is 108 Å². The topological polar surface area (TPSA) is 34.1 Å². The van der Waals surface area contributed by atoms with E-state index in [1.54, 1.807) is 0 Å². The Morgan fingerprint density at radius 3 is 2.00 bits per heavy atom. The summed E-state index contributed by atoms with van der Waals surface area (Å²) < 4.78 is 19.5. The van der Waals surface area contributed by atoms with Gasteiger partial charge in [0.2, 0.25) is 0 Å². The van der Waals surface area contributed by atoms with Gasteiger partial charge in [0, 0.05) is 25.8 Å². The first-order valence-electron chi connectivity index (χ1n) is 4.10. The van der Waals surface area contributed by atoms with Gasteiger partial charge in [-0.15, -0.1) is 0 Å². The maximum atomic E-state index is 9.16. The lowest BCUT2D eigenvalue weighted by Crippen LogP contribution is -1.84. The molecule has 0 radical (unpaired) electrons. The molecule has 0 fully saturated rings. The van der Waals surface area contributed by atoms with E-state index >= 15 is 0 Å². The van der Waals surface area contributed by atoms with Crippen molar-refractivity contribution in [1.82, 2.24) is 0 Å². The van der Waals surface area contributed by atoms with Gasteiger partial charge in [-0.2, -0.15) is 8.42 Å². The lowest BCUT2D eigenvalue weighted by Gasteiger charge is -2.03. The molecule has 2 nitrogen and oxygen atoms in total. The molecule has 0 bridgehead atoms. The molecule has 0 spiro atoms. The molecule has 0 atom stereocenters. The fraction of sp³-hybridized carbons (Fsp3) is 0.333. The zero-order valence-corrected chi connectivity index (χ0v) is 12.2. The van der Waals surface area contributed by atoms with Gasteiger partial charge in [0.15, 0.2) is 0 Å². The fourth-order valence-corrected chi connectivity index (χ4v) is 1.28.